The van der Waals surface area contributed by atoms with Crippen LogP contribution in [0, 0.1) is 5.92 Å². The molecule has 1 aromatic rings. The van der Waals surface area contributed by atoms with E-state index in [9.17, 15) is 4.79 Å². The summed E-state index contributed by atoms with van der Waals surface area (Å²) in [5, 5.41) is 0. The summed E-state index contributed by atoms with van der Waals surface area (Å²) in [6.07, 6.45) is 5.29. The molecule has 20 heavy (non-hydrogen) atoms. The van der Waals surface area contributed by atoms with Crippen molar-refractivity contribution in [3.8, 4) is 0 Å². The van der Waals surface area contributed by atoms with Gasteiger partial charge in [0.25, 0.3) is 5.91 Å². The van der Waals surface area contributed by atoms with Crippen LogP contribution in [-0.2, 0) is 0 Å². The molecule has 3 heterocycles. The van der Waals surface area contributed by atoms with E-state index in [1.54, 1.807) is 6.20 Å². The number of aromatic nitrogens is 2. The average Bonchev–Trinajstić information content (AvgIpc) is 3.17. The number of amides is 1. The Hall–Kier alpha value is -1.01. The summed E-state index contributed by atoms with van der Waals surface area (Å²) >= 11 is 1.10. The van der Waals surface area contributed by atoms with Crippen LogP contribution in [0.2, 0.25) is 0 Å². The van der Waals surface area contributed by atoms with Crippen LogP contribution in [0.4, 0.5) is 0 Å². The zero-order valence-corrected chi connectivity index (χ0v) is 13.0. The van der Waals surface area contributed by atoms with Gasteiger partial charge in [-0.05, 0) is 38.3 Å². The standard InChI is InChI=1S/C14H22N4OS/c1-10(2)13-7-11(17-5-3-4-6-17)9-18(13)14(19)12-8-15-20-16-12/h8,10-11,13H,3-7,9H2,1-2H3. The van der Waals surface area contributed by atoms with E-state index >= 15 is 0 Å². The molecule has 2 saturated heterocycles. The van der Waals surface area contributed by atoms with Gasteiger partial charge in [0.2, 0.25) is 0 Å². The molecule has 1 aromatic heterocycles. The molecule has 6 heteroatoms. The highest BCUT2D eigenvalue weighted by Gasteiger charge is 2.40. The predicted molar refractivity (Wildman–Crippen MR) is 78.8 cm³/mol. The molecular formula is C14H22N4OS. The number of hydrogen-bond acceptors (Lipinski definition) is 5. The first-order valence-corrected chi connectivity index (χ1v) is 8.22. The van der Waals surface area contributed by atoms with Crippen molar-refractivity contribution in [3.63, 3.8) is 0 Å². The molecule has 0 aliphatic carbocycles. The first-order chi connectivity index (χ1) is 9.66. The molecule has 0 saturated carbocycles. The normalized spacial score (nSPS) is 27.6. The van der Waals surface area contributed by atoms with Crippen LogP contribution in [-0.4, -0.2) is 56.2 Å². The number of hydrogen-bond donors (Lipinski definition) is 0. The molecule has 0 spiro atoms. The molecule has 2 aliphatic rings. The molecular weight excluding hydrogens is 272 g/mol. The van der Waals surface area contributed by atoms with Crippen molar-refractivity contribution in [1.29, 1.82) is 0 Å². The summed E-state index contributed by atoms with van der Waals surface area (Å²) in [5.41, 5.74) is 0.503. The third-order valence-electron chi connectivity index (χ3n) is 4.59. The Bertz CT molecular complexity index is 456. The van der Waals surface area contributed by atoms with Gasteiger partial charge in [0, 0.05) is 18.6 Å². The number of likely N-dealkylation sites (tertiary alicyclic amines) is 2. The highest BCUT2D eigenvalue weighted by Crippen LogP contribution is 2.30. The predicted octanol–water partition coefficient (Wildman–Crippen LogP) is 1.87. The van der Waals surface area contributed by atoms with Crippen molar-refractivity contribution >= 4 is 17.6 Å². The maximum Gasteiger partial charge on any atom is 0.275 e. The van der Waals surface area contributed by atoms with Crippen LogP contribution in [0.3, 0.4) is 0 Å². The highest BCUT2D eigenvalue weighted by molar-refractivity contribution is 6.99. The summed E-state index contributed by atoms with van der Waals surface area (Å²) in [6.45, 7) is 7.64. The van der Waals surface area contributed by atoms with Gasteiger partial charge in [-0.2, -0.15) is 8.75 Å². The highest BCUT2D eigenvalue weighted by atomic mass is 32.1. The second kappa shape index (κ2) is 5.77. The van der Waals surface area contributed by atoms with Crippen LogP contribution >= 0.6 is 11.7 Å². The van der Waals surface area contributed by atoms with E-state index in [-0.39, 0.29) is 5.91 Å². The Morgan fingerprint density at radius 3 is 2.75 bits per heavy atom. The van der Waals surface area contributed by atoms with E-state index in [4.69, 9.17) is 0 Å². The first-order valence-electron chi connectivity index (χ1n) is 7.49. The van der Waals surface area contributed by atoms with Gasteiger partial charge in [-0.25, -0.2) is 0 Å². The van der Waals surface area contributed by atoms with Crippen molar-refractivity contribution in [2.75, 3.05) is 19.6 Å². The molecule has 0 bridgehead atoms. The van der Waals surface area contributed by atoms with Crippen molar-refractivity contribution < 1.29 is 4.79 Å². The molecule has 1 amide bonds. The molecule has 2 atom stereocenters. The second-order valence-corrected chi connectivity index (χ2v) is 6.75. The lowest BCUT2D eigenvalue weighted by atomic mass is 10.00. The lowest BCUT2D eigenvalue weighted by Crippen LogP contribution is -2.40. The van der Waals surface area contributed by atoms with Crippen molar-refractivity contribution in [3.05, 3.63) is 11.9 Å². The van der Waals surface area contributed by atoms with Gasteiger partial charge >= 0.3 is 0 Å². The zero-order valence-electron chi connectivity index (χ0n) is 12.2. The van der Waals surface area contributed by atoms with E-state index in [1.165, 1.54) is 25.9 Å². The van der Waals surface area contributed by atoms with Crippen molar-refractivity contribution in [2.24, 2.45) is 5.92 Å². The number of carbonyl (C=O) groups excluding carboxylic acids is 1. The van der Waals surface area contributed by atoms with Gasteiger partial charge < -0.3 is 4.90 Å². The van der Waals surface area contributed by atoms with Crippen LogP contribution in [0.25, 0.3) is 0 Å². The lowest BCUT2D eigenvalue weighted by molar-refractivity contribution is 0.0689. The quantitative estimate of drug-likeness (QED) is 0.854. The Kier molecular flexibility index (Phi) is 4.03. The monoisotopic (exact) mass is 294 g/mol. The van der Waals surface area contributed by atoms with E-state index in [2.05, 4.69) is 27.5 Å². The Balaban J connectivity index is 1.75. The maximum absolute atomic E-state index is 12.6. The van der Waals surface area contributed by atoms with Gasteiger partial charge in [0.15, 0.2) is 5.69 Å². The zero-order chi connectivity index (χ0) is 14.1. The summed E-state index contributed by atoms with van der Waals surface area (Å²) in [5.74, 6) is 0.539. The van der Waals surface area contributed by atoms with Crippen LogP contribution < -0.4 is 0 Å². The number of nitrogens with zero attached hydrogens (tertiary/aromatic N) is 4. The van der Waals surface area contributed by atoms with Crippen molar-refractivity contribution in [1.82, 2.24) is 18.5 Å². The Morgan fingerprint density at radius 2 is 2.15 bits per heavy atom. The van der Waals surface area contributed by atoms with Gasteiger partial charge in [0.1, 0.15) is 0 Å². The SMILES string of the molecule is CC(C)C1CC(N2CCCC2)CN1C(=O)c1cnsn1. The topological polar surface area (TPSA) is 49.3 Å². The summed E-state index contributed by atoms with van der Waals surface area (Å²) in [6, 6.07) is 0.857. The second-order valence-electron chi connectivity index (χ2n) is 6.19. The Morgan fingerprint density at radius 1 is 1.40 bits per heavy atom. The van der Waals surface area contributed by atoms with Crippen LogP contribution in [0.5, 0.6) is 0 Å². The fraction of sp³-hybridized carbons (Fsp3) is 0.786. The number of carbonyl (C=O) groups is 1. The third-order valence-corrected chi connectivity index (χ3v) is 5.07. The van der Waals surface area contributed by atoms with Crippen LogP contribution in [0.15, 0.2) is 6.20 Å². The molecule has 5 nitrogen and oxygen atoms in total. The van der Waals surface area contributed by atoms with Crippen molar-refractivity contribution in [2.45, 2.75) is 45.2 Å². The fourth-order valence-corrected chi connectivity index (χ4v) is 3.89. The maximum atomic E-state index is 12.6. The molecule has 2 fully saturated rings. The summed E-state index contributed by atoms with van der Waals surface area (Å²) in [7, 11) is 0. The molecule has 0 N–H and O–H groups in total. The van der Waals surface area contributed by atoms with E-state index in [0.29, 0.717) is 23.7 Å². The molecule has 3 rings (SSSR count). The summed E-state index contributed by atoms with van der Waals surface area (Å²) < 4.78 is 8.06. The average molecular weight is 294 g/mol. The molecule has 0 radical (unpaired) electrons. The lowest BCUT2D eigenvalue weighted by Gasteiger charge is -2.26. The minimum absolute atomic E-state index is 0.0548. The van der Waals surface area contributed by atoms with Gasteiger partial charge in [-0.1, -0.05) is 13.8 Å². The minimum Gasteiger partial charge on any atom is -0.332 e. The van der Waals surface area contributed by atoms with E-state index in [0.717, 1.165) is 24.7 Å². The minimum atomic E-state index is 0.0548. The fourth-order valence-electron chi connectivity index (χ4n) is 3.49. The molecule has 2 aliphatic heterocycles. The van der Waals surface area contributed by atoms with E-state index < -0.39 is 0 Å². The first kappa shape index (κ1) is 13.9. The number of rotatable bonds is 3. The summed E-state index contributed by atoms with van der Waals surface area (Å²) in [4.78, 5) is 17.2. The largest absolute Gasteiger partial charge is 0.332 e. The smallest absolute Gasteiger partial charge is 0.275 e. The van der Waals surface area contributed by atoms with Gasteiger partial charge in [0.05, 0.1) is 17.9 Å². The Labute approximate surface area is 124 Å². The molecule has 0 aromatic carbocycles. The van der Waals surface area contributed by atoms with Gasteiger partial charge in [-0.3, -0.25) is 9.69 Å². The van der Waals surface area contributed by atoms with E-state index in [1.807, 2.05) is 4.90 Å². The van der Waals surface area contributed by atoms with Crippen LogP contribution in [0.1, 0.15) is 43.6 Å². The molecule has 110 valence electrons. The third kappa shape index (κ3) is 2.59. The van der Waals surface area contributed by atoms with Gasteiger partial charge in [-0.15, -0.1) is 0 Å². The molecule has 2 unspecified atom stereocenters.